The van der Waals surface area contributed by atoms with E-state index in [-0.39, 0.29) is 27.4 Å². The standard InChI is InChI=1S/C16H11ClF3N3O3/c1-8(9-2-4-10(5-3-9)26-16(18,19)20)23-14-11(15(24)25)6-7-12(17)13(14)21-22-23/h2-8H,1H3,(H,24,25). The molecule has 2 aromatic carbocycles. The Hall–Kier alpha value is -2.81. The molecule has 1 aromatic heterocycles. The molecule has 0 aliphatic rings. The molecule has 0 bridgehead atoms. The first kappa shape index (κ1) is 18.0. The van der Waals surface area contributed by atoms with Crippen LogP contribution in [-0.4, -0.2) is 32.4 Å². The van der Waals surface area contributed by atoms with Gasteiger partial charge in [-0.1, -0.05) is 28.9 Å². The Bertz CT molecular complexity index is 971. The lowest BCUT2D eigenvalue weighted by molar-refractivity contribution is -0.274. The van der Waals surface area contributed by atoms with Crippen molar-refractivity contribution in [3.63, 3.8) is 0 Å². The number of aromatic nitrogens is 3. The van der Waals surface area contributed by atoms with Crippen LogP contribution in [0.4, 0.5) is 13.2 Å². The summed E-state index contributed by atoms with van der Waals surface area (Å²) in [5.74, 6) is -1.53. The summed E-state index contributed by atoms with van der Waals surface area (Å²) in [4.78, 5) is 11.5. The van der Waals surface area contributed by atoms with Gasteiger partial charge in [0.15, 0.2) is 0 Å². The van der Waals surface area contributed by atoms with Crippen molar-refractivity contribution in [2.75, 3.05) is 0 Å². The molecule has 0 radical (unpaired) electrons. The van der Waals surface area contributed by atoms with Gasteiger partial charge in [-0.25, -0.2) is 9.48 Å². The zero-order chi connectivity index (χ0) is 19.1. The Labute approximate surface area is 149 Å². The molecule has 1 heterocycles. The number of nitrogens with zero attached hydrogens (tertiary/aromatic N) is 3. The third-order valence-electron chi connectivity index (χ3n) is 3.77. The Morgan fingerprint density at radius 3 is 2.46 bits per heavy atom. The molecule has 0 fully saturated rings. The fraction of sp³-hybridized carbons (Fsp3) is 0.188. The highest BCUT2D eigenvalue weighted by Crippen LogP contribution is 2.30. The largest absolute Gasteiger partial charge is 0.573 e. The molecule has 3 rings (SSSR count). The van der Waals surface area contributed by atoms with E-state index in [1.807, 2.05) is 0 Å². The maximum absolute atomic E-state index is 12.2. The van der Waals surface area contributed by atoms with Crippen LogP contribution in [0.1, 0.15) is 28.9 Å². The lowest BCUT2D eigenvalue weighted by Gasteiger charge is -2.15. The SMILES string of the molecule is CC(c1ccc(OC(F)(F)F)cc1)n1nnc2c(Cl)ccc(C(=O)O)c21. The first-order valence-corrected chi connectivity index (χ1v) is 7.67. The van der Waals surface area contributed by atoms with Crippen molar-refractivity contribution in [2.45, 2.75) is 19.3 Å². The molecular weight excluding hydrogens is 375 g/mol. The summed E-state index contributed by atoms with van der Waals surface area (Å²) in [6.07, 6.45) is -4.78. The molecule has 0 spiro atoms. The molecule has 6 nitrogen and oxygen atoms in total. The number of alkyl halides is 3. The van der Waals surface area contributed by atoms with Crippen LogP contribution in [0.5, 0.6) is 5.75 Å². The Morgan fingerprint density at radius 2 is 1.88 bits per heavy atom. The molecule has 3 aromatic rings. The first-order valence-electron chi connectivity index (χ1n) is 7.30. The van der Waals surface area contributed by atoms with Crippen LogP contribution in [0.15, 0.2) is 36.4 Å². The van der Waals surface area contributed by atoms with Gasteiger partial charge >= 0.3 is 12.3 Å². The normalized spacial score (nSPS) is 13.0. The molecule has 136 valence electrons. The molecule has 0 aliphatic heterocycles. The van der Waals surface area contributed by atoms with Crippen LogP contribution in [0.3, 0.4) is 0 Å². The highest BCUT2D eigenvalue weighted by atomic mass is 35.5. The second kappa shape index (κ2) is 6.49. The molecule has 1 N–H and O–H groups in total. The zero-order valence-electron chi connectivity index (χ0n) is 13.2. The number of fused-ring (bicyclic) bond motifs is 1. The fourth-order valence-electron chi connectivity index (χ4n) is 2.55. The van der Waals surface area contributed by atoms with Gasteiger partial charge in [0.25, 0.3) is 0 Å². The lowest BCUT2D eigenvalue weighted by Crippen LogP contribution is -2.17. The van der Waals surface area contributed by atoms with Crippen molar-refractivity contribution in [1.29, 1.82) is 0 Å². The van der Waals surface area contributed by atoms with E-state index >= 15 is 0 Å². The van der Waals surface area contributed by atoms with Crippen molar-refractivity contribution in [3.05, 3.63) is 52.5 Å². The Morgan fingerprint density at radius 1 is 1.23 bits per heavy atom. The summed E-state index contributed by atoms with van der Waals surface area (Å²) < 4.78 is 41.9. The molecular formula is C16H11ClF3N3O3. The van der Waals surface area contributed by atoms with Crippen LogP contribution in [0, 0.1) is 0 Å². The average Bonchev–Trinajstić information content (AvgIpc) is 2.99. The van der Waals surface area contributed by atoms with Crippen LogP contribution >= 0.6 is 11.6 Å². The molecule has 1 unspecified atom stereocenters. The third kappa shape index (κ3) is 3.43. The summed E-state index contributed by atoms with van der Waals surface area (Å²) in [6, 6.07) is 7.47. The predicted octanol–water partition coefficient (Wildman–Crippen LogP) is 4.29. The highest BCUT2D eigenvalue weighted by Gasteiger charge is 2.31. The van der Waals surface area contributed by atoms with E-state index in [4.69, 9.17) is 11.6 Å². The van der Waals surface area contributed by atoms with Gasteiger partial charge < -0.3 is 9.84 Å². The fourth-order valence-corrected chi connectivity index (χ4v) is 2.74. The molecule has 1 atom stereocenters. The monoisotopic (exact) mass is 385 g/mol. The molecule has 0 amide bonds. The minimum absolute atomic E-state index is 0.0294. The summed E-state index contributed by atoms with van der Waals surface area (Å²) in [6.45, 7) is 1.71. The smallest absolute Gasteiger partial charge is 0.478 e. The van der Waals surface area contributed by atoms with Gasteiger partial charge in [-0.15, -0.1) is 18.3 Å². The van der Waals surface area contributed by atoms with E-state index in [9.17, 15) is 23.1 Å². The first-order chi connectivity index (χ1) is 12.2. The van der Waals surface area contributed by atoms with E-state index in [0.29, 0.717) is 5.56 Å². The van der Waals surface area contributed by atoms with Gasteiger partial charge in [0, 0.05) is 0 Å². The highest BCUT2D eigenvalue weighted by molar-refractivity contribution is 6.35. The number of carboxylic acid groups (broad SMARTS) is 1. The van der Waals surface area contributed by atoms with E-state index in [2.05, 4.69) is 15.0 Å². The average molecular weight is 386 g/mol. The van der Waals surface area contributed by atoms with Gasteiger partial charge in [-0.3, -0.25) is 0 Å². The predicted molar refractivity (Wildman–Crippen MR) is 86.4 cm³/mol. The maximum Gasteiger partial charge on any atom is 0.573 e. The number of aromatic carboxylic acids is 1. The summed E-state index contributed by atoms with van der Waals surface area (Å²) in [5.41, 5.74) is 1.02. The minimum atomic E-state index is -4.78. The van der Waals surface area contributed by atoms with E-state index in [1.54, 1.807) is 6.92 Å². The molecule has 26 heavy (non-hydrogen) atoms. The summed E-state index contributed by atoms with van der Waals surface area (Å²) in [7, 11) is 0. The number of hydrogen-bond donors (Lipinski definition) is 1. The number of halogens is 4. The van der Waals surface area contributed by atoms with Crippen LogP contribution in [0.2, 0.25) is 5.02 Å². The number of benzene rings is 2. The number of carboxylic acids is 1. The van der Waals surface area contributed by atoms with Gasteiger partial charge in [0.2, 0.25) is 0 Å². The van der Waals surface area contributed by atoms with Crippen molar-refractivity contribution in [2.24, 2.45) is 0 Å². The topological polar surface area (TPSA) is 77.2 Å². The lowest BCUT2D eigenvalue weighted by atomic mass is 10.1. The van der Waals surface area contributed by atoms with E-state index in [0.717, 1.165) is 0 Å². The van der Waals surface area contributed by atoms with Crippen molar-refractivity contribution in [1.82, 2.24) is 15.0 Å². The number of ether oxygens (including phenoxy) is 1. The Balaban J connectivity index is 2.01. The van der Waals surface area contributed by atoms with Gasteiger partial charge in [0.05, 0.1) is 16.6 Å². The molecule has 10 heteroatoms. The maximum atomic E-state index is 12.2. The molecule has 0 saturated carbocycles. The third-order valence-corrected chi connectivity index (χ3v) is 4.07. The summed E-state index contributed by atoms with van der Waals surface area (Å²) in [5, 5.41) is 17.5. The Kier molecular flexibility index (Phi) is 4.49. The van der Waals surface area contributed by atoms with Crippen molar-refractivity contribution >= 4 is 28.6 Å². The van der Waals surface area contributed by atoms with Crippen LogP contribution < -0.4 is 4.74 Å². The number of hydrogen-bond acceptors (Lipinski definition) is 4. The minimum Gasteiger partial charge on any atom is -0.478 e. The number of carbonyl (C=O) groups is 1. The van der Waals surface area contributed by atoms with Gasteiger partial charge in [-0.2, -0.15) is 0 Å². The quantitative estimate of drug-likeness (QED) is 0.725. The number of rotatable bonds is 4. The van der Waals surface area contributed by atoms with Crippen LogP contribution in [0.25, 0.3) is 11.0 Å². The van der Waals surface area contributed by atoms with E-state index < -0.39 is 18.4 Å². The van der Waals surface area contributed by atoms with Crippen LogP contribution in [-0.2, 0) is 0 Å². The summed E-state index contributed by atoms with van der Waals surface area (Å²) >= 11 is 6.05. The van der Waals surface area contributed by atoms with Crippen molar-refractivity contribution < 1.29 is 27.8 Å². The molecule has 0 saturated heterocycles. The van der Waals surface area contributed by atoms with Crippen molar-refractivity contribution in [3.8, 4) is 5.75 Å². The van der Waals surface area contributed by atoms with Gasteiger partial charge in [-0.05, 0) is 36.8 Å². The zero-order valence-corrected chi connectivity index (χ0v) is 13.9. The van der Waals surface area contributed by atoms with E-state index in [1.165, 1.54) is 41.1 Å². The molecule has 0 aliphatic carbocycles. The second-order valence-corrected chi connectivity index (χ2v) is 5.83. The van der Waals surface area contributed by atoms with Gasteiger partial charge in [0.1, 0.15) is 16.8 Å². The second-order valence-electron chi connectivity index (χ2n) is 5.42.